The standard InChI is InChI=1S/C25H32ClN3O2/c1-3-19(2)17-29-23-10-7-6-9-22(23)28-24(29)11-5-4-8-16-27-25(30)18-31-21-14-12-20(26)13-15-21/h6-7,9-10,12-15,19H,3-5,8,11,16-18H2,1-2H3,(H,27,30). The van der Waals surface area contributed by atoms with Gasteiger partial charge in [-0.15, -0.1) is 0 Å². The Labute approximate surface area is 189 Å². The monoisotopic (exact) mass is 441 g/mol. The van der Waals surface area contributed by atoms with Crippen LogP contribution in [0.15, 0.2) is 48.5 Å². The van der Waals surface area contributed by atoms with Crippen molar-refractivity contribution in [2.45, 2.75) is 52.5 Å². The molecule has 0 aliphatic rings. The number of unbranched alkanes of at least 4 members (excludes halogenated alkanes) is 2. The smallest absolute Gasteiger partial charge is 0.257 e. The number of imidazole rings is 1. The third-order valence-corrected chi connectivity index (χ3v) is 5.76. The van der Waals surface area contributed by atoms with E-state index in [0.29, 0.717) is 23.2 Å². The first-order valence-corrected chi connectivity index (χ1v) is 11.5. The van der Waals surface area contributed by atoms with E-state index in [4.69, 9.17) is 21.3 Å². The van der Waals surface area contributed by atoms with Crippen molar-refractivity contribution in [1.29, 1.82) is 0 Å². The van der Waals surface area contributed by atoms with E-state index in [1.54, 1.807) is 24.3 Å². The van der Waals surface area contributed by atoms with Gasteiger partial charge in [0.05, 0.1) is 11.0 Å². The van der Waals surface area contributed by atoms with Crippen LogP contribution in [-0.2, 0) is 17.8 Å². The predicted molar refractivity (Wildman–Crippen MR) is 127 cm³/mol. The zero-order valence-electron chi connectivity index (χ0n) is 18.4. The molecule has 1 aromatic heterocycles. The molecular formula is C25H32ClN3O2. The average molecular weight is 442 g/mol. The number of rotatable bonds is 12. The molecule has 0 aliphatic carbocycles. The number of benzene rings is 2. The van der Waals surface area contributed by atoms with E-state index in [9.17, 15) is 4.79 Å². The van der Waals surface area contributed by atoms with Crippen LogP contribution in [0, 0.1) is 5.92 Å². The second-order valence-electron chi connectivity index (χ2n) is 8.04. The Bertz CT molecular complexity index is 969. The lowest BCUT2D eigenvalue weighted by atomic mass is 10.1. The van der Waals surface area contributed by atoms with E-state index in [-0.39, 0.29) is 12.5 Å². The maximum absolute atomic E-state index is 11.9. The molecule has 0 spiro atoms. The quantitative estimate of drug-likeness (QED) is 0.370. The van der Waals surface area contributed by atoms with Crippen molar-refractivity contribution in [3.05, 3.63) is 59.4 Å². The molecule has 166 valence electrons. The Balaban J connectivity index is 1.38. The number of aryl methyl sites for hydroxylation is 1. The SMILES string of the molecule is CCC(C)Cn1c(CCCCCNC(=O)COc2ccc(Cl)cc2)nc2ccccc21. The maximum atomic E-state index is 11.9. The number of nitrogens with one attached hydrogen (secondary N) is 1. The molecule has 0 saturated carbocycles. The van der Waals surface area contributed by atoms with Gasteiger partial charge < -0.3 is 14.6 Å². The van der Waals surface area contributed by atoms with Gasteiger partial charge in [0, 0.05) is 24.5 Å². The summed E-state index contributed by atoms with van der Waals surface area (Å²) in [7, 11) is 0. The lowest BCUT2D eigenvalue weighted by molar-refractivity contribution is -0.123. The van der Waals surface area contributed by atoms with Crippen molar-refractivity contribution in [3.8, 4) is 5.75 Å². The molecule has 31 heavy (non-hydrogen) atoms. The van der Waals surface area contributed by atoms with E-state index < -0.39 is 0 Å². The van der Waals surface area contributed by atoms with Crippen LogP contribution in [0.5, 0.6) is 5.75 Å². The number of ether oxygens (including phenoxy) is 1. The highest BCUT2D eigenvalue weighted by molar-refractivity contribution is 6.30. The second-order valence-corrected chi connectivity index (χ2v) is 8.48. The first-order chi connectivity index (χ1) is 15.1. The third kappa shape index (κ3) is 7.00. The molecule has 0 radical (unpaired) electrons. The van der Waals surface area contributed by atoms with Gasteiger partial charge in [-0.05, 0) is 55.2 Å². The molecule has 1 N–H and O–H groups in total. The molecule has 0 bridgehead atoms. The Kier molecular flexibility index (Phi) is 8.77. The lowest BCUT2D eigenvalue weighted by Gasteiger charge is -2.14. The number of amides is 1. The fourth-order valence-corrected chi connectivity index (χ4v) is 3.63. The lowest BCUT2D eigenvalue weighted by Crippen LogP contribution is -2.29. The fraction of sp³-hybridized carbons (Fsp3) is 0.440. The summed E-state index contributed by atoms with van der Waals surface area (Å²) in [6, 6.07) is 15.4. The van der Waals surface area contributed by atoms with E-state index in [1.807, 2.05) is 6.07 Å². The number of aromatic nitrogens is 2. The fourth-order valence-electron chi connectivity index (χ4n) is 3.50. The predicted octanol–water partition coefficient (Wildman–Crippen LogP) is 5.64. The van der Waals surface area contributed by atoms with Gasteiger partial charge in [0.1, 0.15) is 11.6 Å². The van der Waals surface area contributed by atoms with E-state index in [2.05, 4.69) is 41.9 Å². The van der Waals surface area contributed by atoms with Crippen molar-refractivity contribution in [3.63, 3.8) is 0 Å². The van der Waals surface area contributed by atoms with Crippen LogP contribution in [0.1, 0.15) is 45.4 Å². The van der Waals surface area contributed by atoms with Gasteiger partial charge in [-0.2, -0.15) is 0 Å². The summed E-state index contributed by atoms with van der Waals surface area (Å²) in [6.45, 7) is 6.21. The van der Waals surface area contributed by atoms with Gasteiger partial charge >= 0.3 is 0 Å². The molecule has 1 heterocycles. The molecule has 1 amide bonds. The molecule has 0 saturated heterocycles. The molecule has 3 rings (SSSR count). The Hall–Kier alpha value is -2.53. The van der Waals surface area contributed by atoms with Crippen LogP contribution in [-0.4, -0.2) is 28.6 Å². The largest absolute Gasteiger partial charge is 0.484 e. The highest BCUT2D eigenvalue weighted by Gasteiger charge is 2.12. The van der Waals surface area contributed by atoms with Crippen molar-refractivity contribution in [2.75, 3.05) is 13.2 Å². The van der Waals surface area contributed by atoms with Crippen LogP contribution < -0.4 is 10.1 Å². The molecule has 3 aromatic rings. The minimum atomic E-state index is -0.106. The Morgan fingerprint density at radius 3 is 2.68 bits per heavy atom. The molecule has 0 aliphatic heterocycles. The van der Waals surface area contributed by atoms with Crippen molar-refractivity contribution in [1.82, 2.24) is 14.9 Å². The van der Waals surface area contributed by atoms with Gasteiger partial charge in [0.25, 0.3) is 5.91 Å². The minimum Gasteiger partial charge on any atom is -0.484 e. The molecule has 0 fully saturated rings. The second kappa shape index (κ2) is 11.8. The number of fused-ring (bicyclic) bond motifs is 1. The van der Waals surface area contributed by atoms with Crippen LogP contribution in [0.25, 0.3) is 11.0 Å². The first-order valence-electron chi connectivity index (χ1n) is 11.2. The summed E-state index contributed by atoms with van der Waals surface area (Å²) in [5.74, 6) is 2.33. The van der Waals surface area contributed by atoms with Gasteiger partial charge in [-0.25, -0.2) is 4.98 Å². The Morgan fingerprint density at radius 2 is 1.90 bits per heavy atom. The summed E-state index contributed by atoms with van der Waals surface area (Å²) in [5.41, 5.74) is 2.31. The van der Waals surface area contributed by atoms with Gasteiger partial charge in [-0.3, -0.25) is 4.79 Å². The Morgan fingerprint density at radius 1 is 1.13 bits per heavy atom. The molecular weight excluding hydrogens is 410 g/mol. The molecule has 2 aromatic carbocycles. The summed E-state index contributed by atoms with van der Waals surface area (Å²) in [4.78, 5) is 16.8. The number of para-hydroxylation sites is 2. The molecule has 6 heteroatoms. The number of carbonyl (C=O) groups excluding carboxylic acids is 1. The van der Waals surface area contributed by atoms with Gasteiger partial charge in [0.2, 0.25) is 0 Å². The van der Waals surface area contributed by atoms with E-state index in [0.717, 1.165) is 44.2 Å². The van der Waals surface area contributed by atoms with Crippen molar-refractivity contribution >= 4 is 28.5 Å². The molecule has 1 unspecified atom stereocenters. The van der Waals surface area contributed by atoms with Crippen LogP contribution in [0.2, 0.25) is 5.02 Å². The van der Waals surface area contributed by atoms with Crippen LogP contribution in [0.4, 0.5) is 0 Å². The normalized spacial score (nSPS) is 12.1. The highest BCUT2D eigenvalue weighted by Crippen LogP contribution is 2.20. The van der Waals surface area contributed by atoms with Crippen LogP contribution >= 0.6 is 11.6 Å². The number of hydrogen-bond donors (Lipinski definition) is 1. The molecule has 1 atom stereocenters. The minimum absolute atomic E-state index is 0.0151. The van der Waals surface area contributed by atoms with E-state index >= 15 is 0 Å². The number of nitrogens with zero attached hydrogens (tertiary/aromatic N) is 2. The summed E-state index contributed by atoms with van der Waals surface area (Å²) in [5, 5.41) is 3.56. The summed E-state index contributed by atoms with van der Waals surface area (Å²) in [6.07, 6.45) is 5.16. The first kappa shape index (κ1) is 23.1. The third-order valence-electron chi connectivity index (χ3n) is 5.51. The zero-order valence-corrected chi connectivity index (χ0v) is 19.2. The highest BCUT2D eigenvalue weighted by atomic mass is 35.5. The van der Waals surface area contributed by atoms with Crippen LogP contribution in [0.3, 0.4) is 0 Å². The van der Waals surface area contributed by atoms with Crippen molar-refractivity contribution < 1.29 is 9.53 Å². The zero-order chi connectivity index (χ0) is 22.1. The number of hydrogen-bond acceptors (Lipinski definition) is 3. The number of halogens is 1. The van der Waals surface area contributed by atoms with Crippen molar-refractivity contribution in [2.24, 2.45) is 5.92 Å². The summed E-state index contributed by atoms with van der Waals surface area (Å²) >= 11 is 5.84. The number of carbonyl (C=O) groups is 1. The topological polar surface area (TPSA) is 56.2 Å². The van der Waals surface area contributed by atoms with E-state index in [1.165, 1.54) is 11.3 Å². The molecule has 5 nitrogen and oxygen atoms in total. The van der Waals surface area contributed by atoms with Gasteiger partial charge in [0.15, 0.2) is 6.61 Å². The van der Waals surface area contributed by atoms with Gasteiger partial charge in [-0.1, -0.05) is 50.4 Å². The maximum Gasteiger partial charge on any atom is 0.257 e. The summed E-state index contributed by atoms with van der Waals surface area (Å²) < 4.78 is 7.85. The average Bonchev–Trinajstić information content (AvgIpc) is 3.12.